The Hall–Kier alpha value is -1.23. The maximum atomic E-state index is 11.9. The summed E-state index contributed by atoms with van der Waals surface area (Å²) in [5.74, 6) is 0.779. The van der Waals surface area contributed by atoms with Gasteiger partial charge in [-0.25, -0.2) is 0 Å². The van der Waals surface area contributed by atoms with Crippen molar-refractivity contribution < 1.29 is 22.6 Å². The first-order chi connectivity index (χ1) is 8.31. The Morgan fingerprint density at radius 2 is 1.67 bits per heavy atom. The van der Waals surface area contributed by atoms with Crippen LogP contribution in [0.4, 0.5) is 13.2 Å². The summed E-state index contributed by atoms with van der Waals surface area (Å²) in [6.45, 7) is 5.37. The number of rotatable bonds is 5. The van der Waals surface area contributed by atoms with Gasteiger partial charge in [-0.3, -0.25) is 4.74 Å². The van der Waals surface area contributed by atoms with Crippen LogP contribution in [0.1, 0.15) is 38.7 Å². The summed E-state index contributed by atoms with van der Waals surface area (Å²) >= 11 is 0. The molecule has 1 aromatic carbocycles. The van der Waals surface area contributed by atoms with Crippen molar-refractivity contribution in [3.8, 4) is 5.75 Å². The van der Waals surface area contributed by atoms with E-state index < -0.39 is 12.7 Å². The molecular weight excluding hydrogens is 245 g/mol. The zero-order valence-electron chi connectivity index (χ0n) is 10.6. The van der Waals surface area contributed by atoms with Crippen LogP contribution in [0.15, 0.2) is 24.3 Å². The van der Waals surface area contributed by atoms with E-state index in [1.54, 1.807) is 12.1 Å². The van der Waals surface area contributed by atoms with Crippen LogP contribution >= 0.6 is 0 Å². The van der Waals surface area contributed by atoms with Gasteiger partial charge in [0.2, 0.25) is 6.29 Å². The third-order valence-electron chi connectivity index (χ3n) is 2.66. The lowest BCUT2D eigenvalue weighted by Gasteiger charge is -2.17. The molecule has 18 heavy (non-hydrogen) atoms. The van der Waals surface area contributed by atoms with E-state index in [-0.39, 0.29) is 0 Å². The molecule has 0 radical (unpaired) electrons. The third-order valence-corrected chi connectivity index (χ3v) is 2.66. The van der Waals surface area contributed by atoms with Crippen LogP contribution in [0.2, 0.25) is 0 Å². The second-order valence-electron chi connectivity index (χ2n) is 4.13. The Balaban J connectivity index is 2.58. The molecule has 0 saturated carbocycles. The molecule has 0 fully saturated rings. The van der Waals surface area contributed by atoms with Crippen LogP contribution in [0.3, 0.4) is 0 Å². The standard InChI is InChI=1S/C13H17F3O2/c1-4-9(2)11-5-7-12(8-6-11)17-10(3)18-13(14,15)16/h5-10H,4H2,1-3H3. The Morgan fingerprint density at radius 1 is 1.11 bits per heavy atom. The van der Waals surface area contributed by atoms with Crippen molar-refractivity contribution in [1.29, 1.82) is 0 Å². The van der Waals surface area contributed by atoms with Gasteiger partial charge in [0.05, 0.1) is 0 Å². The van der Waals surface area contributed by atoms with E-state index in [0.29, 0.717) is 11.7 Å². The van der Waals surface area contributed by atoms with E-state index in [1.807, 2.05) is 12.1 Å². The minimum atomic E-state index is -4.68. The number of hydrogen-bond donors (Lipinski definition) is 0. The Labute approximate surface area is 105 Å². The molecule has 0 aromatic heterocycles. The second kappa shape index (κ2) is 6.09. The topological polar surface area (TPSA) is 18.5 Å². The molecule has 2 nitrogen and oxygen atoms in total. The molecule has 0 N–H and O–H groups in total. The Kier molecular flexibility index (Phi) is 5.02. The minimum Gasteiger partial charge on any atom is -0.465 e. The minimum absolute atomic E-state index is 0.360. The maximum absolute atomic E-state index is 11.9. The van der Waals surface area contributed by atoms with Crippen LogP contribution < -0.4 is 4.74 Å². The molecule has 0 amide bonds. The Bertz CT molecular complexity index is 359. The first kappa shape index (κ1) is 14.8. The first-order valence-corrected chi connectivity index (χ1v) is 5.83. The summed E-state index contributed by atoms with van der Waals surface area (Å²) in [6, 6.07) is 7.00. The van der Waals surface area contributed by atoms with Crippen LogP contribution in [-0.4, -0.2) is 12.7 Å². The highest BCUT2D eigenvalue weighted by Gasteiger charge is 2.32. The van der Waals surface area contributed by atoms with E-state index >= 15 is 0 Å². The molecule has 0 heterocycles. The van der Waals surface area contributed by atoms with Crippen molar-refractivity contribution in [2.45, 2.75) is 45.8 Å². The highest BCUT2D eigenvalue weighted by Crippen LogP contribution is 2.24. The SMILES string of the molecule is CCC(C)c1ccc(OC(C)OC(F)(F)F)cc1. The average Bonchev–Trinajstić information content (AvgIpc) is 2.26. The molecular formula is C13H17F3O2. The van der Waals surface area contributed by atoms with Crippen LogP contribution in [0.5, 0.6) is 5.75 Å². The molecule has 2 unspecified atom stereocenters. The van der Waals surface area contributed by atoms with E-state index in [1.165, 1.54) is 6.92 Å². The second-order valence-corrected chi connectivity index (χ2v) is 4.13. The van der Waals surface area contributed by atoms with Gasteiger partial charge in [-0.1, -0.05) is 26.0 Å². The fourth-order valence-corrected chi connectivity index (χ4v) is 1.51. The van der Waals surface area contributed by atoms with Gasteiger partial charge in [-0.05, 0) is 37.0 Å². The normalized spacial score (nSPS) is 15.2. The summed E-state index contributed by atoms with van der Waals surface area (Å²) < 4.78 is 44.5. The summed E-state index contributed by atoms with van der Waals surface area (Å²) in [6.07, 6.45) is -5.04. The first-order valence-electron chi connectivity index (χ1n) is 5.83. The van der Waals surface area contributed by atoms with Crippen molar-refractivity contribution in [2.75, 3.05) is 0 Å². The molecule has 1 rings (SSSR count). The number of ether oxygens (including phenoxy) is 2. The lowest BCUT2D eigenvalue weighted by molar-refractivity contribution is -0.363. The lowest BCUT2D eigenvalue weighted by atomic mass is 9.99. The molecule has 1 aromatic rings. The van der Waals surface area contributed by atoms with Gasteiger partial charge in [0.1, 0.15) is 5.75 Å². The zero-order valence-corrected chi connectivity index (χ0v) is 10.6. The highest BCUT2D eigenvalue weighted by molar-refractivity contribution is 5.29. The number of hydrogen-bond acceptors (Lipinski definition) is 2. The zero-order chi connectivity index (χ0) is 13.8. The van der Waals surface area contributed by atoms with Gasteiger partial charge in [-0.2, -0.15) is 0 Å². The molecule has 2 atom stereocenters. The van der Waals surface area contributed by atoms with Crippen molar-refractivity contribution in [3.05, 3.63) is 29.8 Å². The monoisotopic (exact) mass is 262 g/mol. The number of benzene rings is 1. The predicted octanol–water partition coefficient (Wildman–Crippen LogP) is 4.46. The fourth-order valence-electron chi connectivity index (χ4n) is 1.51. The van der Waals surface area contributed by atoms with E-state index in [2.05, 4.69) is 18.6 Å². The van der Waals surface area contributed by atoms with Crippen LogP contribution in [0.25, 0.3) is 0 Å². The fraction of sp³-hybridized carbons (Fsp3) is 0.538. The molecule has 0 aliphatic heterocycles. The lowest BCUT2D eigenvalue weighted by Crippen LogP contribution is -2.25. The van der Waals surface area contributed by atoms with Gasteiger partial charge in [0, 0.05) is 0 Å². The maximum Gasteiger partial charge on any atom is 0.525 e. The van der Waals surface area contributed by atoms with Gasteiger partial charge < -0.3 is 4.74 Å². The molecule has 0 aliphatic carbocycles. The van der Waals surface area contributed by atoms with Gasteiger partial charge in [0.15, 0.2) is 0 Å². The largest absolute Gasteiger partial charge is 0.525 e. The summed E-state index contributed by atoms with van der Waals surface area (Å²) in [7, 11) is 0. The van der Waals surface area contributed by atoms with E-state index in [0.717, 1.165) is 12.0 Å². The van der Waals surface area contributed by atoms with E-state index in [4.69, 9.17) is 4.74 Å². The van der Waals surface area contributed by atoms with Gasteiger partial charge >= 0.3 is 6.36 Å². The Morgan fingerprint density at radius 3 is 2.11 bits per heavy atom. The van der Waals surface area contributed by atoms with Crippen molar-refractivity contribution >= 4 is 0 Å². The van der Waals surface area contributed by atoms with Crippen molar-refractivity contribution in [3.63, 3.8) is 0 Å². The number of alkyl halides is 3. The predicted molar refractivity (Wildman–Crippen MR) is 62.4 cm³/mol. The molecule has 0 bridgehead atoms. The molecule has 0 aliphatic rings. The number of halogens is 3. The average molecular weight is 262 g/mol. The van der Waals surface area contributed by atoms with Crippen LogP contribution in [-0.2, 0) is 4.74 Å². The molecule has 102 valence electrons. The third kappa shape index (κ3) is 4.96. The van der Waals surface area contributed by atoms with Crippen molar-refractivity contribution in [2.24, 2.45) is 0 Å². The molecule has 0 saturated heterocycles. The van der Waals surface area contributed by atoms with E-state index in [9.17, 15) is 13.2 Å². The molecule has 5 heteroatoms. The van der Waals surface area contributed by atoms with Gasteiger partial charge in [-0.15, -0.1) is 13.2 Å². The van der Waals surface area contributed by atoms with Gasteiger partial charge in [0.25, 0.3) is 0 Å². The smallest absolute Gasteiger partial charge is 0.465 e. The quantitative estimate of drug-likeness (QED) is 0.729. The molecule has 0 spiro atoms. The summed E-state index contributed by atoms with van der Waals surface area (Å²) in [5, 5.41) is 0. The summed E-state index contributed by atoms with van der Waals surface area (Å²) in [5.41, 5.74) is 1.13. The highest BCUT2D eigenvalue weighted by atomic mass is 19.4. The van der Waals surface area contributed by atoms with Crippen molar-refractivity contribution in [1.82, 2.24) is 0 Å². The van der Waals surface area contributed by atoms with Crippen LogP contribution in [0, 0.1) is 0 Å². The summed E-state index contributed by atoms with van der Waals surface area (Å²) in [4.78, 5) is 0.